The fraction of sp³-hybridized carbons (Fsp3) is 0.391. The lowest BCUT2D eigenvalue weighted by Gasteiger charge is -2.14. The van der Waals surface area contributed by atoms with Crippen molar-refractivity contribution in [3.63, 3.8) is 0 Å². The molecule has 2 N–H and O–H groups in total. The smallest absolute Gasteiger partial charge is 0.261 e. The first-order chi connectivity index (χ1) is 13.8. The quantitative estimate of drug-likeness (QED) is 0.547. The third kappa shape index (κ3) is 8.11. The summed E-state index contributed by atoms with van der Waals surface area (Å²) < 4.78 is 11.5. The summed E-state index contributed by atoms with van der Waals surface area (Å²) in [5, 5.41) is 5.96. The van der Waals surface area contributed by atoms with Crippen LogP contribution in [0.15, 0.2) is 48.5 Å². The number of carbonyl (C=O) groups is 1. The molecule has 0 aliphatic heterocycles. The zero-order chi connectivity index (χ0) is 21.2. The molecule has 6 heteroatoms. The summed E-state index contributed by atoms with van der Waals surface area (Å²) >= 11 is 5.30. The number of carbonyl (C=O) groups excluding carboxylic acids is 1. The lowest BCUT2D eigenvalue weighted by molar-refractivity contribution is 0.0973. The minimum Gasteiger partial charge on any atom is -0.493 e. The van der Waals surface area contributed by atoms with Crippen molar-refractivity contribution in [3.8, 4) is 11.5 Å². The lowest BCUT2D eigenvalue weighted by atomic mass is 10.1. The second-order valence-electron chi connectivity index (χ2n) is 7.67. The van der Waals surface area contributed by atoms with Gasteiger partial charge >= 0.3 is 0 Å². The van der Waals surface area contributed by atoms with E-state index in [1.165, 1.54) is 0 Å². The van der Waals surface area contributed by atoms with Crippen molar-refractivity contribution < 1.29 is 14.3 Å². The van der Waals surface area contributed by atoms with Gasteiger partial charge in [0, 0.05) is 11.8 Å². The van der Waals surface area contributed by atoms with Gasteiger partial charge in [-0.2, -0.15) is 0 Å². The number of anilines is 1. The number of hydrogen-bond donors (Lipinski definition) is 2. The molecule has 0 aliphatic rings. The van der Waals surface area contributed by atoms with Crippen LogP contribution in [0, 0.1) is 11.8 Å². The van der Waals surface area contributed by atoms with Crippen LogP contribution in [-0.2, 0) is 0 Å². The van der Waals surface area contributed by atoms with E-state index in [1.54, 1.807) is 18.2 Å². The van der Waals surface area contributed by atoms with E-state index in [1.807, 2.05) is 30.3 Å². The predicted octanol–water partition coefficient (Wildman–Crippen LogP) is 5.27. The molecule has 2 rings (SSSR count). The molecule has 0 bridgehead atoms. The number of amides is 1. The monoisotopic (exact) mass is 414 g/mol. The summed E-state index contributed by atoms with van der Waals surface area (Å²) in [6.45, 7) is 9.66. The Morgan fingerprint density at radius 1 is 1.00 bits per heavy atom. The maximum atomic E-state index is 12.7. The fourth-order valence-electron chi connectivity index (χ4n) is 2.44. The summed E-state index contributed by atoms with van der Waals surface area (Å²) in [6, 6.07) is 14.6. The van der Waals surface area contributed by atoms with E-state index in [2.05, 4.69) is 38.3 Å². The normalized spacial score (nSPS) is 10.7. The topological polar surface area (TPSA) is 59.6 Å². The molecule has 1 amide bonds. The average Bonchev–Trinajstić information content (AvgIpc) is 2.66. The zero-order valence-corrected chi connectivity index (χ0v) is 18.3. The molecular weight excluding hydrogens is 384 g/mol. The summed E-state index contributed by atoms with van der Waals surface area (Å²) in [5.74, 6) is 1.97. The summed E-state index contributed by atoms with van der Waals surface area (Å²) in [5.41, 5.74) is 1.20. The van der Waals surface area contributed by atoms with Crippen molar-refractivity contribution in [2.24, 2.45) is 11.8 Å². The van der Waals surface area contributed by atoms with Crippen molar-refractivity contribution in [3.05, 3.63) is 54.1 Å². The Morgan fingerprint density at radius 2 is 1.76 bits per heavy atom. The Bertz CT molecular complexity index is 821. The highest BCUT2D eigenvalue weighted by Gasteiger charge is 2.14. The van der Waals surface area contributed by atoms with Gasteiger partial charge in [-0.3, -0.25) is 10.1 Å². The second kappa shape index (κ2) is 11.4. The van der Waals surface area contributed by atoms with Crippen LogP contribution in [0.4, 0.5) is 5.69 Å². The molecule has 0 aliphatic carbocycles. The van der Waals surface area contributed by atoms with Gasteiger partial charge in [0.2, 0.25) is 0 Å². The minimum absolute atomic E-state index is 0.216. The minimum atomic E-state index is -0.310. The molecule has 0 radical (unpaired) electrons. The number of benzene rings is 2. The molecule has 0 heterocycles. The van der Waals surface area contributed by atoms with Gasteiger partial charge in [-0.25, -0.2) is 0 Å². The van der Waals surface area contributed by atoms with E-state index in [9.17, 15) is 4.79 Å². The number of rotatable bonds is 9. The molecule has 0 unspecified atom stereocenters. The van der Waals surface area contributed by atoms with Crippen LogP contribution in [0.1, 0.15) is 44.5 Å². The van der Waals surface area contributed by atoms with E-state index >= 15 is 0 Å². The maximum Gasteiger partial charge on any atom is 0.261 e. The Morgan fingerprint density at radius 3 is 2.48 bits per heavy atom. The highest BCUT2D eigenvalue weighted by molar-refractivity contribution is 7.80. The van der Waals surface area contributed by atoms with E-state index in [0.717, 1.165) is 17.9 Å². The molecule has 0 fully saturated rings. The van der Waals surface area contributed by atoms with Crippen molar-refractivity contribution in [1.29, 1.82) is 0 Å². The third-order valence-electron chi connectivity index (χ3n) is 3.99. The predicted molar refractivity (Wildman–Crippen MR) is 122 cm³/mol. The van der Waals surface area contributed by atoms with Crippen LogP contribution in [0.2, 0.25) is 0 Å². The summed E-state index contributed by atoms with van der Waals surface area (Å²) in [6.07, 6.45) is 0.922. The molecular formula is C23H30N2O3S. The van der Waals surface area contributed by atoms with Crippen molar-refractivity contribution in [2.45, 2.75) is 34.1 Å². The van der Waals surface area contributed by atoms with Gasteiger partial charge < -0.3 is 14.8 Å². The Hall–Kier alpha value is -2.60. The largest absolute Gasteiger partial charge is 0.493 e. The molecule has 0 saturated carbocycles. The first-order valence-electron chi connectivity index (χ1n) is 9.92. The molecule has 0 atom stereocenters. The number of thiocarbonyl (C=S) groups is 1. The van der Waals surface area contributed by atoms with Crippen LogP contribution in [0.5, 0.6) is 11.5 Å². The SMILES string of the molecule is CC(C)CCOc1ccccc1C(=O)NC(=S)Nc1cccc(OCC(C)C)c1. The van der Waals surface area contributed by atoms with E-state index in [4.69, 9.17) is 21.7 Å². The molecule has 0 saturated heterocycles. The van der Waals surface area contributed by atoms with Gasteiger partial charge in [0.05, 0.1) is 18.8 Å². The number of para-hydroxylation sites is 1. The zero-order valence-electron chi connectivity index (χ0n) is 17.5. The lowest BCUT2D eigenvalue weighted by Crippen LogP contribution is -2.34. The van der Waals surface area contributed by atoms with Crippen molar-refractivity contribution in [2.75, 3.05) is 18.5 Å². The van der Waals surface area contributed by atoms with E-state index in [0.29, 0.717) is 36.4 Å². The maximum absolute atomic E-state index is 12.7. The summed E-state index contributed by atoms with van der Waals surface area (Å²) in [7, 11) is 0. The second-order valence-corrected chi connectivity index (χ2v) is 8.08. The van der Waals surface area contributed by atoms with Crippen molar-refractivity contribution >= 4 is 28.9 Å². The molecule has 2 aromatic rings. The van der Waals surface area contributed by atoms with Crippen LogP contribution >= 0.6 is 12.2 Å². The Labute approximate surface area is 178 Å². The highest BCUT2D eigenvalue weighted by Crippen LogP contribution is 2.20. The highest BCUT2D eigenvalue weighted by atomic mass is 32.1. The first kappa shape index (κ1) is 22.7. The van der Waals surface area contributed by atoms with Crippen LogP contribution in [0.3, 0.4) is 0 Å². The standard InChI is InChI=1S/C23H30N2O3S/c1-16(2)12-13-27-21-11-6-5-10-20(21)22(26)25-23(29)24-18-8-7-9-19(14-18)28-15-17(3)4/h5-11,14,16-17H,12-13,15H2,1-4H3,(H2,24,25,26,29). The van der Waals surface area contributed by atoms with E-state index < -0.39 is 0 Å². The average molecular weight is 415 g/mol. The van der Waals surface area contributed by atoms with Gasteiger partial charge in [-0.1, -0.05) is 45.9 Å². The van der Waals surface area contributed by atoms with E-state index in [-0.39, 0.29) is 11.0 Å². The van der Waals surface area contributed by atoms with Gasteiger partial charge in [0.1, 0.15) is 11.5 Å². The Kier molecular flexibility index (Phi) is 8.93. The molecule has 5 nitrogen and oxygen atoms in total. The molecule has 156 valence electrons. The Balaban J connectivity index is 1.96. The van der Waals surface area contributed by atoms with Gasteiger partial charge in [-0.15, -0.1) is 0 Å². The fourth-order valence-corrected chi connectivity index (χ4v) is 2.65. The van der Waals surface area contributed by atoms with Gasteiger partial charge in [0.25, 0.3) is 5.91 Å². The first-order valence-corrected chi connectivity index (χ1v) is 10.3. The van der Waals surface area contributed by atoms with Crippen LogP contribution in [-0.4, -0.2) is 24.2 Å². The van der Waals surface area contributed by atoms with Crippen molar-refractivity contribution in [1.82, 2.24) is 5.32 Å². The molecule has 0 spiro atoms. The van der Waals surface area contributed by atoms with Crippen LogP contribution in [0.25, 0.3) is 0 Å². The molecule has 0 aromatic heterocycles. The third-order valence-corrected chi connectivity index (χ3v) is 4.19. The summed E-state index contributed by atoms with van der Waals surface area (Å²) in [4.78, 5) is 12.7. The number of hydrogen-bond acceptors (Lipinski definition) is 4. The van der Waals surface area contributed by atoms with Gasteiger partial charge in [0.15, 0.2) is 5.11 Å². The van der Waals surface area contributed by atoms with Gasteiger partial charge in [-0.05, 0) is 54.7 Å². The molecule has 29 heavy (non-hydrogen) atoms. The number of ether oxygens (including phenoxy) is 2. The van der Waals surface area contributed by atoms with Crippen LogP contribution < -0.4 is 20.1 Å². The number of nitrogens with one attached hydrogen (secondary N) is 2. The molecule has 2 aromatic carbocycles.